The van der Waals surface area contributed by atoms with Crippen LogP contribution < -0.4 is 5.32 Å². The molecule has 1 N–H and O–H groups in total. The van der Waals surface area contributed by atoms with Crippen molar-refractivity contribution in [3.05, 3.63) is 35.2 Å². The number of thiophene rings is 1. The van der Waals surface area contributed by atoms with Gasteiger partial charge in [-0.15, -0.1) is 34.5 Å². The molecule has 4 heteroatoms. The maximum Gasteiger partial charge on any atom is 0.116 e. The highest BCUT2D eigenvalue weighted by Gasteiger charge is 2.25. The van der Waals surface area contributed by atoms with Gasteiger partial charge in [-0.25, -0.2) is 0 Å². The minimum atomic E-state index is -0.406. The number of rotatable bonds is 5. The lowest BCUT2D eigenvalue weighted by atomic mass is 9.93. The van der Waals surface area contributed by atoms with Gasteiger partial charge < -0.3 is 5.32 Å². The molecule has 0 saturated heterocycles. The summed E-state index contributed by atoms with van der Waals surface area (Å²) in [5.74, 6) is 0.111. The highest BCUT2D eigenvalue weighted by atomic mass is 35.5. The number of hydrogen-bond acceptors (Lipinski definition) is 2. The summed E-state index contributed by atoms with van der Waals surface area (Å²) in [5, 5.41) is 6.79. The van der Waals surface area contributed by atoms with E-state index < -0.39 is 4.84 Å². The van der Waals surface area contributed by atoms with E-state index in [1.807, 2.05) is 0 Å². The Hall–Kier alpha value is -0.280. The molecule has 18 heavy (non-hydrogen) atoms. The molecule has 1 nitrogen and oxygen atoms in total. The van der Waals surface area contributed by atoms with E-state index in [0.29, 0.717) is 0 Å². The molecule has 0 aliphatic rings. The predicted molar refractivity (Wildman–Crippen MR) is 83.2 cm³/mol. The van der Waals surface area contributed by atoms with Crippen LogP contribution in [0.2, 0.25) is 0 Å². The summed E-state index contributed by atoms with van der Waals surface area (Å²) < 4.78 is 1.29. The van der Waals surface area contributed by atoms with Crippen LogP contribution in [0, 0.1) is 0 Å². The Morgan fingerprint density at radius 2 is 2.06 bits per heavy atom. The van der Waals surface area contributed by atoms with Gasteiger partial charge in [0, 0.05) is 16.7 Å². The maximum atomic E-state index is 6.16. The second kappa shape index (κ2) is 6.25. The van der Waals surface area contributed by atoms with Gasteiger partial charge in [0.15, 0.2) is 0 Å². The summed E-state index contributed by atoms with van der Waals surface area (Å²) in [6.45, 7) is 5.14. The standard InChI is InChI=1S/C14H17Cl2NS/c1-3-17-9(2)13(14(15)16)11-5-4-10-6-7-18-12(10)8-11/h4-9,13-14,17H,3H2,1-2H3. The first kappa shape index (κ1) is 14.1. The number of alkyl halides is 2. The minimum Gasteiger partial charge on any atom is -0.314 e. The van der Waals surface area contributed by atoms with Gasteiger partial charge in [-0.05, 0) is 41.9 Å². The molecule has 0 aliphatic heterocycles. The molecule has 1 aromatic heterocycles. The summed E-state index contributed by atoms with van der Waals surface area (Å²) in [6.07, 6.45) is 0. The van der Waals surface area contributed by atoms with Crippen LogP contribution in [0.25, 0.3) is 10.1 Å². The largest absolute Gasteiger partial charge is 0.314 e. The molecule has 0 saturated carbocycles. The average molecular weight is 302 g/mol. The summed E-state index contributed by atoms with van der Waals surface area (Å²) in [5.41, 5.74) is 1.20. The van der Waals surface area contributed by atoms with Crippen LogP contribution in [0.15, 0.2) is 29.6 Å². The van der Waals surface area contributed by atoms with Gasteiger partial charge in [0.05, 0.1) is 0 Å². The minimum absolute atomic E-state index is 0.111. The molecule has 1 heterocycles. The van der Waals surface area contributed by atoms with Crippen LogP contribution in [-0.2, 0) is 0 Å². The van der Waals surface area contributed by atoms with Crippen molar-refractivity contribution in [1.82, 2.24) is 5.32 Å². The van der Waals surface area contributed by atoms with Gasteiger partial charge in [0.1, 0.15) is 4.84 Å². The third-order valence-corrected chi connectivity index (χ3v) is 4.62. The molecule has 2 unspecified atom stereocenters. The zero-order valence-electron chi connectivity index (χ0n) is 10.5. The van der Waals surface area contributed by atoms with Crippen molar-refractivity contribution in [2.24, 2.45) is 0 Å². The van der Waals surface area contributed by atoms with Crippen molar-refractivity contribution in [2.45, 2.75) is 30.6 Å². The van der Waals surface area contributed by atoms with E-state index in [4.69, 9.17) is 23.2 Å². The molecule has 0 spiro atoms. The number of fused-ring (bicyclic) bond motifs is 1. The van der Waals surface area contributed by atoms with Gasteiger partial charge in [0.25, 0.3) is 0 Å². The van der Waals surface area contributed by atoms with Crippen molar-refractivity contribution in [3.8, 4) is 0 Å². The zero-order chi connectivity index (χ0) is 13.1. The average Bonchev–Trinajstić information content (AvgIpc) is 2.76. The topological polar surface area (TPSA) is 12.0 Å². The molecule has 0 radical (unpaired) electrons. The lowest BCUT2D eigenvalue weighted by molar-refractivity contribution is 0.487. The highest BCUT2D eigenvalue weighted by Crippen LogP contribution is 2.33. The van der Waals surface area contributed by atoms with E-state index in [0.717, 1.165) is 6.54 Å². The summed E-state index contributed by atoms with van der Waals surface area (Å²) in [6, 6.07) is 8.86. The second-order valence-electron chi connectivity index (χ2n) is 4.42. The van der Waals surface area contributed by atoms with Crippen molar-refractivity contribution in [1.29, 1.82) is 0 Å². The first-order valence-electron chi connectivity index (χ1n) is 6.12. The number of hydrogen-bond donors (Lipinski definition) is 1. The fourth-order valence-electron chi connectivity index (χ4n) is 2.28. The van der Waals surface area contributed by atoms with Crippen molar-refractivity contribution in [2.75, 3.05) is 6.54 Å². The molecule has 2 atom stereocenters. The van der Waals surface area contributed by atoms with Crippen LogP contribution in [-0.4, -0.2) is 17.4 Å². The van der Waals surface area contributed by atoms with Crippen LogP contribution in [0.4, 0.5) is 0 Å². The smallest absolute Gasteiger partial charge is 0.116 e. The number of halogens is 2. The molecule has 1 aromatic carbocycles. The van der Waals surface area contributed by atoms with Gasteiger partial charge in [0.2, 0.25) is 0 Å². The Morgan fingerprint density at radius 1 is 1.28 bits per heavy atom. The molecular weight excluding hydrogens is 285 g/mol. The van der Waals surface area contributed by atoms with Crippen molar-refractivity contribution < 1.29 is 0 Å². The fourth-order valence-corrected chi connectivity index (χ4v) is 3.84. The van der Waals surface area contributed by atoms with E-state index in [9.17, 15) is 0 Å². The van der Waals surface area contributed by atoms with Crippen LogP contribution in [0.1, 0.15) is 25.3 Å². The van der Waals surface area contributed by atoms with Gasteiger partial charge in [-0.3, -0.25) is 0 Å². The van der Waals surface area contributed by atoms with E-state index >= 15 is 0 Å². The SMILES string of the molecule is CCNC(C)C(c1ccc2ccsc2c1)C(Cl)Cl. The quantitative estimate of drug-likeness (QED) is 0.783. The Morgan fingerprint density at radius 3 is 2.72 bits per heavy atom. The first-order chi connectivity index (χ1) is 8.63. The third-order valence-electron chi connectivity index (χ3n) is 3.20. The van der Waals surface area contributed by atoms with Gasteiger partial charge in [-0.1, -0.05) is 19.1 Å². The predicted octanol–water partition coefficient (Wildman–Crippen LogP) is 4.79. The monoisotopic (exact) mass is 301 g/mol. The van der Waals surface area contributed by atoms with E-state index in [1.54, 1.807) is 11.3 Å². The van der Waals surface area contributed by atoms with Crippen molar-refractivity contribution >= 4 is 44.6 Å². The van der Waals surface area contributed by atoms with Gasteiger partial charge in [-0.2, -0.15) is 0 Å². The molecule has 2 rings (SSSR count). The maximum absolute atomic E-state index is 6.16. The fraction of sp³-hybridized carbons (Fsp3) is 0.429. The Bertz CT molecular complexity index is 509. The summed E-state index contributed by atoms with van der Waals surface area (Å²) >= 11 is 14.1. The number of likely N-dealkylation sites (N-methyl/N-ethyl adjacent to an activating group) is 1. The molecule has 0 bridgehead atoms. The first-order valence-corrected chi connectivity index (χ1v) is 7.87. The summed E-state index contributed by atoms with van der Waals surface area (Å²) in [4.78, 5) is -0.406. The van der Waals surface area contributed by atoms with E-state index in [2.05, 4.69) is 48.8 Å². The van der Waals surface area contributed by atoms with Crippen LogP contribution in [0.3, 0.4) is 0 Å². The molecule has 0 fully saturated rings. The zero-order valence-corrected chi connectivity index (χ0v) is 12.8. The lowest BCUT2D eigenvalue weighted by Crippen LogP contribution is -2.34. The molecule has 0 amide bonds. The van der Waals surface area contributed by atoms with Crippen molar-refractivity contribution in [3.63, 3.8) is 0 Å². The normalized spacial score (nSPS) is 15.2. The van der Waals surface area contributed by atoms with Crippen LogP contribution in [0.5, 0.6) is 0 Å². The van der Waals surface area contributed by atoms with E-state index in [1.165, 1.54) is 15.6 Å². The van der Waals surface area contributed by atoms with Crippen LogP contribution >= 0.6 is 34.5 Å². The van der Waals surface area contributed by atoms with E-state index in [-0.39, 0.29) is 12.0 Å². The Balaban J connectivity index is 2.34. The Labute approximate surface area is 122 Å². The highest BCUT2D eigenvalue weighted by molar-refractivity contribution is 7.17. The molecule has 98 valence electrons. The number of nitrogens with one attached hydrogen (secondary N) is 1. The second-order valence-corrected chi connectivity index (χ2v) is 6.54. The Kier molecular flexibility index (Phi) is 4.91. The molecule has 0 aliphatic carbocycles. The molecular formula is C14H17Cl2NS. The lowest BCUT2D eigenvalue weighted by Gasteiger charge is -2.26. The van der Waals surface area contributed by atoms with Gasteiger partial charge >= 0.3 is 0 Å². The third kappa shape index (κ3) is 3.00. The number of benzene rings is 1. The summed E-state index contributed by atoms with van der Waals surface area (Å²) in [7, 11) is 0. The molecule has 2 aromatic rings.